The summed E-state index contributed by atoms with van der Waals surface area (Å²) >= 11 is -1.65. The normalized spacial score (nSPS) is 14.1. The van der Waals surface area contributed by atoms with Crippen LogP contribution in [0.15, 0.2) is 29.2 Å². The summed E-state index contributed by atoms with van der Waals surface area (Å²) in [7, 11) is -1.80. The number of carbonyl (C=O) groups excluding carboxylic acids is 1. The molecule has 0 aliphatic rings. The van der Waals surface area contributed by atoms with Crippen LogP contribution in [0.4, 0.5) is 4.79 Å². The van der Waals surface area contributed by atoms with Gasteiger partial charge in [-0.05, 0) is 56.6 Å². The summed E-state index contributed by atoms with van der Waals surface area (Å²) in [5.41, 5.74) is 0.391. The van der Waals surface area contributed by atoms with Crippen molar-refractivity contribution in [3.63, 3.8) is 0 Å². The lowest BCUT2D eigenvalue weighted by molar-refractivity contribution is 0.0570. The van der Waals surface area contributed by atoms with Crippen LogP contribution in [-0.2, 0) is 27.1 Å². The van der Waals surface area contributed by atoms with Gasteiger partial charge in [0.15, 0.2) is 13.2 Å². The van der Waals surface area contributed by atoms with E-state index < -0.39 is 31.4 Å². The molecule has 1 N–H and O–H groups in total. The van der Waals surface area contributed by atoms with Gasteiger partial charge in [-0.3, -0.25) is 0 Å². The molecule has 1 amide bonds. The molecule has 0 aliphatic carbocycles. The Balaban J connectivity index is 2.63. The molecule has 0 fully saturated rings. The molecule has 0 radical (unpaired) electrons. The largest absolute Gasteiger partial charge is 0.588 e. The monoisotopic (exact) mass is 385 g/mol. The van der Waals surface area contributed by atoms with Crippen molar-refractivity contribution in [3.05, 3.63) is 29.8 Å². The molecule has 0 bridgehead atoms. The zero-order valence-electron chi connectivity index (χ0n) is 16.6. The van der Waals surface area contributed by atoms with Gasteiger partial charge in [0.2, 0.25) is 0 Å². The molecular formula is C18H31NO4SSi. The van der Waals surface area contributed by atoms with Crippen LogP contribution in [0.1, 0.15) is 47.1 Å². The molecule has 7 heteroatoms. The third-order valence-corrected chi connectivity index (χ3v) is 9.65. The quantitative estimate of drug-likeness (QED) is 0.586. The molecule has 0 saturated carbocycles. The molecule has 0 aromatic heterocycles. The number of amides is 1. The molecule has 0 aliphatic heterocycles. The van der Waals surface area contributed by atoms with Gasteiger partial charge in [-0.2, -0.15) is 0 Å². The lowest BCUT2D eigenvalue weighted by Gasteiger charge is -2.36. The SMILES string of the molecule is CC(C)(C)OC(=O)N[S@@+]([O-])c1ccc(CO[Si](C)(C)C(C)(C)C)cc1. The standard InChI is InChI=1S/C18H31NO4SSi/c1-17(2,3)23-16(20)19-24(21)15-11-9-14(10-12-15)13-22-25(7,8)18(4,5)6/h9-12H,13H2,1-8H3,(H,19,20)/t24-/m0/s1. The molecule has 0 spiro atoms. The molecule has 0 unspecified atom stereocenters. The van der Waals surface area contributed by atoms with E-state index in [2.05, 4.69) is 38.6 Å². The van der Waals surface area contributed by atoms with Crippen molar-refractivity contribution in [2.75, 3.05) is 0 Å². The summed E-state index contributed by atoms with van der Waals surface area (Å²) in [6, 6.07) is 7.21. The second kappa shape index (κ2) is 8.12. The van der Waals surface area contributed by atoms with Gasteiger partial charge in [0.25, 0.3) is 0 Å². The predicted octanol–water partition coefficient (Wildman–Crippen LogP) is 4.76. The van der Waals surface area contributed by atoms with Gasteiger partial charge in [-0.15, -0.1) is 4.72 Å². The molecule has 5 nitrogen and oxygen atoms in total. The van der Waals surface area contributed by atoms with E-state index in [-0.39, 0.29) is 5.04 Å². The molecule has 142 valence electrons. The minimum Gasteiger partial charge on any atom is -0.588 e. The first-order valence-corrected chi connectivity index (χ1v) is 12.4. The third kappa shape index (κ3) is 7.39. The Hall–Kier alpha value is -1.02. The highest BCUT2D eigenvalue weighted by atomic mass is 32.2. The van der Waals surface area contributed by atoms with Crippen molar-refractivity contribution in [2.45, 2.75) is 76.8 Å². The van der Waals surface area contributed by atoms with Crippen LogP contribution in [0.25, 0.3) is 0 Å². The van der Waals surface area contributed by atoms with E-state index in [0.29, 0.717) is 11.5 Å². The molecule has 1 rings (SSSR count). The molecular weight excluding hydrogens is 354 g/mol. The molecule has 25 heavy (non-hydrogen) atoms. The number of hydrogen-bond acceptors (Lipinski definition) is 4. The highest BCUT2D eigenvalue weighted by Crippen LogP contribution is 2.37. The van der Waals surface area contributed by atoms with Crippen LogP contribution in [0.2, 0.25) is 18.1 Å². The number of benzene rings is 1. The Bertz CT molecular complexity index is 576. The van der Waals surface area contributed by atoms with Crippen LogP contribution in [0.3, 0.4) is 0 Å². The van der Waals surface area contributed by atoms with Crippen molar-refractivity contribution in [2.24, 2.45) is 0 Å². The average Bonchev–Trinajstić information content (AvgIpc) is 2.42. The highest BCUT2D eigenvalue weighted by molar-refractivity contribution is 7.90. The fraction of sp³-hybridized carbons (Fsp3) is 0.611. The number of nitrogens with one attached hydrogen (secondary N) is 1. The molecule has 0 heterocycles. The van der Waals surface area contributed by atoms with Crippen molar-refractivity contribution >= 4 is 25.8 Å². The summed E-state index contributed by atoms with van der Waals surface area (Å²) in [6.45, 7) is 16.8. The van der Waals surface area contributed by atoms with Crippen LogP contribution in [0, 0.1) is 0 Å². The van der Waals surface area contributed by atoms with Gasteiger partial charge in [0.1, 0.15) is 17.0 Å². The predicted molar refractivity (Wildman–Crippen MR) is 104 cm³/mol. The lowest BCUT2D eigenvalue weighted by atomic mass is 10.2. The Morgan fingerprint density at radius 2 is 1.64 bits per heavy atom. The zero-order chi connectivity index (χ0) is 19.5. The highest BCUT2D eigenvalue weighted by Gasteiger charge is 2.37. The van der Waals surface area contributed by atoms with Gasteiger partial charge in [-0.1, -0.05) is 32.9 Å². The van der Waals surface area contributed by atoms with Gasteiger partial charge in [-0.25, -0.2) is 4.79 Å². The Morgan fingerprint density at radius 3 is 2.08 bits per heavy atom. The molecule has 0 saturated heterocycles. The van der Waals surface area contributed by atoms with Crippen molar-refractivity contribution in [1.29, 1.82) is 0 Å². The summed E-state index contributed by atoms with van der Waals surface area (Å²) in [4.78, 5) is 12.2. The Kier molecular flexibility index (Phi) is 7.15. The number of carbonyl (C=O) groups is 1. The molecule has 1 atom stereocenters. The van der Waals surface area contributed by atoms with Crippen LogP contribution < -0.4 is 4.72 Å². The van der Waals surface area contributed by atoms with E-state index >= 15 is 0 Å². The van der Waals surface area contributed by atoms with Crippen molar-refractivity contribution in [1.82, 2.24) is 4.72 Å². The lowest BCUT2D eigenvalue weighted by Crippen LogP contribution is -2.40. The van der Waals surface area contributed by atoms with Crippen LogP contribution in [-0.4, -0.2) is 24.6 Å². The second-order valence-electron chi connectivity index (χ2n) is 8.57. The van der Waals surface area contributed by atoms with Crippen molar-refractivity contribution in [3.8, 4) is 0 Å². The zero-order valence-corrected chi connectivity index (χ0v) is 18.4. The maximum absolute atomic E-state index is 12.2. The summed E-state index contributed by atoms with van der Waals surface area (Å²) in [5.74, 6) is 0. The first kappa shape index (κ1) is 22.0. The van der Waals surface area contributed by atoms with Gasteiger partial charge >= 0.3 is 6.09 Å². The van der Waals surface area contributed by atoms with Gasteiger partial charge in [0.05, 0.1) is 6.61 Å². The minimum atomic E-state index is -1.80. The fourth-order valence-corrected chi connectivity index (χ4v) is 3.28. The maximum atomic E-state index is 12.2. The van der Waals surface area contributed by atoms with E-state index in [1.165, 1.54) is 0 Å². The number of hydrogen-bond donors (Lipinski definition) is 1. The van der Waals surface area contributed by atoms with Gasteiger partial charge in [0, 0.05) is 0 Å². The average molecular weight is 386 g/mol. The van der Waals surface area contributed by atoms with E-state index in [1.54, 1.807) is 32.9 Å². The third-order valence-electron chi connectivity index (χ3n) is 4.12. The van der Waals surface area contributed by atoms with E-state index in [0.717, 1.165) is 5.56 Å². The summed E-state index contributed by atoms with van der Waals surface area (Å²) in [6.07, 6.45) is -0.698. The maximum Gasteiger partial charge on any atom is 0.449 e. The Labute approximate surface area is 155 Å². The summed E-state index contributed by atoms with van der Waals surface area (Å²) < 4.78 is 25.8. The molecule has 1 aromatic rings. The topological polar surface area (TPSA) is 70.6 Å². The fourth-order valence-electron chi connectivity index (χ4n) is 1.62. The van der Waals surface area contributed by atoms with E-state index in [9.17, 15) is 9.35 Å². The number of ether oxygens (including phenoxy) is 1. The smallest absolute Gasteiger partial charge is 0.449 e. The van der Waals surface area contributed by atoms with E-state index in [4.69, 9.17) is 9.16 Å². The summed E-state index contributed by atoms with van der Waals surface area (Å²) in [5, 5.41) is 0.159. The first-order chi connectivity index (χ1) is 11.2. The van der Waals surface area contributed by atoms with Crippen molar-refractivity contribution < 1.29 is 18.5 Å². The van der Waals surface area contributed by atoms with Gasteiger partial charge < -0.3 is 13.7 Å². The molecule has 1 aromatic carbocycles. The van der Waals surface area contributed by atoms with E-state index in [1.807, 2.05) is 12.1 Å². The Morgan fingerprint density at radius 1 is 1.12 bits per heavy atom. The first-order valence-electron chi connectivity index (χ1n) is 8.36. The van der Waals surface area contributed by atoms with Crippen LogP contribution >= 0.6 is 0 Å². The second-order valence-corrected chi connectivity index (χ2v) is 14.6. The minimum absolute atomic E-state index is 0.159. The number of rotatable bonds is 5. The van der Waals surface area contributed by atoms with Crippen LogP contribution in [0.5, 0.6) is 0 Å².